The van der Waals surface area contributed by atoms with E-state index in [1.807, 2.05) is 67.5 Å². The lowest BCUT2D eigenvalue weighted by Gasteiger charge is -2.41. The SMILES string of the molecule is C/C=C/C[C@@H](C)C[C@H]1C(=O)N[C@@H](CC)C(=O)N(C)[C@H](CSCCCCNCC(C)(C)C)C(=O)N(C)[C@@H](CC(C)(C)O)C(=O)N[C@@H](C(C)C)C(=O)N(C)[C@@H](CC(C)C)C(=O)N[C@@H](C)C(=O)N[C@H](C)C(=O)N(C)[C@@H](CC(C)C)C(=O)N(C)[C@@H](CC(C)C)C(=O)N(C)[C@@H](C(C)C)C(=O)N1C. The number of unbranched alkanes of at least 4 members (excludes halogenated alkanes) is 1. The van der Waals surface area contributed by atoms with Gasteiger partial charge in [-0.1, -0.05) is 116 Å². The third-order valence-corrected chi connectivity index (χ3v) is 19.2. The Labute approximate surface area is 588 Å². The van der Waals surface area contributed by atoms with Gasteiger partial charge >= 0.3 is 0 Å². The Hall–Kier alpha value is -5.82. The Kier molecular flexibility index (Phi) is 37.7. The maximum Gasteiger partial charge on any atom is 0.246 e. The molecular formula is C72H132N12O12S. The maximum absolute atomic E-state index is 15.4. The largest absolute Gasteiger partial charge is 0.390 e. The summed E-state index contributed by atoms with van der Waals surface area (Å²) in [6.07, 6.45) is 6.38. The molecule has 97 heavy (non-hydrogen) atoms. The molecule has 12 atom stereocenters. The van der Waals surface area contributed by atoms with Crippen molar-refractivity contribution >= 4 is 76.7 Å². The number of thioether (sulfide) groups is 1. The summed E-state index contributed by atoms with van der Waals surface area (Å²) in [6.45, 7) is 37.7. The predicted molar refractivity (Wildman–Crippen MR) is 386 cm³/mol. The number of rotatable bonds is 23. The van der Waals surface area contributed by atoms with Crippen molar-refractivity contribution in [3.8, 4) is 0 Å². The molecule has 0 radical (unpaired) electrons. The fourth-order valence-electron chi connectivity index (χ4n) is 12.0. The first-order valence-corrected chi connectivity index (χ1v) is 36.5. The molecule has 0 aliphatic carbocycles. The van der Waals surface area contributed by atoms with E-state index in [-0.39, 0.29) is 73.4 Å². The number of nitrogens with zero attached hydrogens (tertiary/aromatic N) is 7. The normalized spacial score (nSPS) is 25.8. The summed E-state index contributed by atoms with van der Waals surface area (Å²) >= 11 is 1.44. The lowest BCUT2D eigenvalue weighted by atomic mass is 9.93. The topological polar surface area (TPSA) is 291 Å². The number of aliphatic hydroxyl groups is 1. The van der Waals surface area contributed by atoms with Gasteiger partial charge in [-0.3, -0.25) is 52.7 Å². The molecule has 25 heteroatoms. The van der Waals surface area contributed by atoms with Gasteiger partial charge in [-0.2, -0.15) is 11.8 Å². The molecule has 6 N–H and O–H groups in total. The predicted octanol–water partition coefficient (Wildman–Crippen LogP) is 5.93. The monoisotopic (exact) mass is 1390 g/mol. The van der Waals surface area contributed by atoms with Crippen molar-refractivity contribution < 1.29 is 57.8 Å². The van der Waals surface area contributed by atoms with Crippen molar-refractivity contribution in [2.45, 2.75) is 268 Å². The van der Waals surface area contributed by atoms with E-state index in [2.05, 4.69) is 47.4 Å². The Balaban J connectivity index is 4.50. The number of allylic oxidation sites excluding steroid dienone is 2. The van der Waals surface area contributed by atoms with Crippen molar-refractivity contribution in [3.05, 3.63) is 12.2 Å². The quantitative estimate of drug-likeness (QED) is 0.0511. The summed E-state index contributed by atoms with van der Waals surface area (Å²) in [6, 6.07) is -13.4. The number of hydrogen-bond acceptors (Lipinski definition) is 14. The third kappa shape index (κ3) is 28.4. The van der Waals surface area contributed by atoms with Crippen molar-refractivity contribution in [2.24, 2.45) is 40.9 Å². The van der Waals surface area contributed by atoms with Crippen molar-refractivity contribution in [3.63, 3.8) is 0 Å². The molecule has 24 nitrogen and oxygen atoms in total. The highest BCUT2D eigenvalue weighted by Gasteiger charge is 2.45. The van der Waals surface area contributed by atoms with Gasteiger partial charge in [0.2, 0.25) is 65.0 Å². The molecule has 1 fully saturated rings. The molecular weight excluding hydrogens is 1260 g/mol. The fourth-order valence-corrected chi connectivity index (χ4v) is 13.2. The van der Waals surface area contributed by atoms with E-state index >= 15 is 33.6 Å². The molecule has 0 spiro atoms. The van der Waals surface area contributed by atoms with Gasteiger partial charge in [0.15, 0.2) is 0 Å². The van der Waals surface area contributed by atoms with Gasteiger partial charge in [0, 0.05) is 61.5 Å². The fraction of sp³-hybridized carbons (Fsp3) is 0.819. The first-order chi connectivity index (χ1) is 44.7. The minimum absolute atomic E-state index is 0.0612. The van der Waals surface area contributed by atoms with Gasteiger partial charge in [0.25, 0.3) is 0 Å². The molecule has 1 saturated heterocycles. The van der Waals surface area contributed by atoms with Crippen molar-refractivity contribution in [2.75, 3.05) is 73.9 Å². The molecule has 0 saturated carbocycles. The van der Waals surface area contributed by atoms with E-state index in [4.69, 9.17) is 0 Å². The van der Waals surface area contributed by atoms with Crippen LogP contribution in [0.2, 0.25) is 0 Å². The molecule has 0 aromatic carbocycles. The molecule has 1 heterocycles. The average Bonchev–Trinajstić information content (AvgIpc) is 0.819. The number of hydrogen-bond donors (Lipinski definition) is 6. The lowest BCUT2D eigenvalue weighted by molar-refractivity contribution is -0.156. The summed E-state index contributed by atoms with van der Waals surface area (Å²) in [7, 11) is 10.3. The first kappa shape index (κ1) is 89.2. The average molecular weight is 1390 g/mol. The molecule has 0 bridgehead atoms. The van der Waals surface area contributed by atoms with Crippen LogP contribution in [0.3, 0.4) is 0 Å². The van der Waals surface area contributed by atoms with Gasteiger partial charge in [0.05, 0.1) is 5.60 Å². The van der Waals surface area contributed by atoms with Crippen LogP contribution in [0.25, 0.3) is 0 Å². The number of nitrogens with one attached hydrogen (secondary N) is 5. The smallest absolute Gasteiger partial charge is 0.246 e. The second-order valence-electron chi connectivity index (χ2n) is 31.2. The Bertz CT molecular complexity index is 2620. The molecule has 0 aromatic heterocycles. The number of carbonyl (C=O) groups excluding carboxylic acids is 11. The Morgan fingerprint density at radius 3 is 1.41 bits per heavy atom. The van der Waals surface area contributed by atoms with Crippen LogP contribution in [0.4, 0.5) is 0 Å². The van der Waals surface area contributed by atoms with Crippen molar-refractivity contribution in [1.82, 2.24) is 60.9 Å². The number of carbonyl (C=O) groups is 11. The molecule has 1 aliphatic rings. The van der Waals surface area contributed by atoms with Gasteiger partial charge < -0.3 is 66.0 Å². The molecule has 0 aromatic rings. The van der Waals surface area contributed by atoms with Gasteiger partial charge in [-0.05, 0) is 146 Å². The summed E-state index contributed by atoms with van der Waals surface area (Å²) < 4.78 is 0. The molecule has 558 valence electrons. The second-order valence-corrected chi connectivity index (χ2v) is 32.3. The first-order valence-electron chi connectivity index (χ1n) is 35.4. The molecule has 1 rings (SSSR count). The van der Waals surface area contributed by atoms with Crippen LogP contribution in [-0.4, -0.2) is 250 Å². The minimum Gasteiger partial charge on any atom is -0.390 e. The Morgan fingerprint density at radius 1 is 0.495 bits per heavy atom. The van der Waals surface area contributed by atoms with E-state index in [1.165, 1.54) is 123 Å². The summed E-state index contributed by atoms with van der Waals surface area (Å²) in [5.74, 6) is -8.20. The standard InChI is InChI=1S/C72H132N12O12S/c1-28-30-33-48(13)39-53-62(87)76-51(29-2)65(90)83(26)57(41-97-35-32-31-34-73-42-71(16,17)18)68(93)82(25)56(40-72(19,20)96)63(88)77-58(46(9)10)69(94)78(21)52(36-43(3)4)61(86)74-49(14)60(85)75-50(15)64(89)80(23)54(37-44(5)6)66(91)81(24)55(38-45(7)8)67(92)84(27)59(47(11)12)70(95)79(53)22/h28,30,43-59,73,96H,29,31-42H2,1-27H3,(H,74,86)(H,75,85)(H,76,87)(H,77,88)/b30-28+/t48-,49+,50-,51+,52+,53+,54+,55+,56+,57-,58+,59+/m1/s1. The molecule has 1 aliphatic heterocycles. The zero-order valence-corrected chi connectivity index (χ0v) is 65.5. The van der Waals surface area contributed by atoms with Crippen LogP contribution in [0, 0.1) is 40.9 Å². The van der Waals surface area contributed by atoms with Crippen LogP contribution in [0.15, 0.2) is 12.2 Å². The number of amides is 11. The van der Waals surface area contributed by atoms with E-state index in [1.54, 1.807) is 34.6 Å². The maximum atomic E-state index is 15.4. The lowest BCUT2D eigenvalue weighted by Crippen LogP contribution is -2.62. The summed E-state index contributed by atoms with van der Waals surface area (Å²) in [4.78, 5) is 173. The second kappa shape index (κ2) is 41.1. The summed E-state index contributed by atoms with van der Waals surface area (Å²) in [5.41, 5.74) is -1.47. The molecule has 11 amide bonds. The van der Waals surface area contributed by atoms with Crippen LogP contribution >= 0.6 is 11.8 Å². The highest BCUT2D eigenvalue weighted by Crippen LogP contribution is 2.27. The van der Waals surface area contributed by atoms with E-state index in [0.717, 1.165) is 25.9 Å². The zero-order chi connectivity index (χ0) is 75.1. The highest BCUT2D eigenvalue weighted by molar-refractivity contribution is 7.99. The van der Waals surface area contributed by atoms with E-state index in [9.17, 15) is 24.3 Å². The summed E-state index contributed by atoms with van der Waals surface area (Å²) in [5, 5.41) is 26.2. The van der Waals surface area contributed by atoms with Crippen molar-refractivity contribution in [1.29, 1.82) is 0 Å². The van der Waals surface area contributed by atoms with Crippen LogP contribution in [0.5, 0.6) is 0 Å². The number of likely N-dealkylation sites (N-methyl/N-ethyl adjacent to an activating group) is 7. The van der Waals surface area contributed by atoms with Gasteiger partial charge in [-0.15, -0.1) is 0 Å². The van der Waals surface area contributed by atoms with E-state index < -0.39 is 149 Å². The minimum atomic E-state index is -1.56. The Morgan fingerprint density at radius 2 is 0.928 bits per heavy atom. The van der Waals surface area contributed by atoms with Gasteiger partial charge in [-0.25, -0.2) is 0 Å². The zero-order valence-electron chi connectivity index (χ0n) is 64.6. The van der Waals surface area contributed by atoms with Crippen LogP contribution in [-0.2, 0) is 52.7 Å². The van der Waals surface area contributed by atoms with Crippen LogP contribution < -0.4 is 26.6 Å². The van der Waals surface area contributed by atoms with E-state index in [0.29, 0.717) is 12.2 Å². The third-order valence-electron chi connectivity index (χ3n) is 18.0. The van der Waals surface area contributed by atoms with Crippen LogP contribution in [0.1, 0.15) is 196 Å². The highest BCUT2D eigenvalue weighted by atomic mass is 32.2. The molecule has 0 unspecified atom stereocenters. The van der Waals surface area contributed by atoms with Gasteiger partial charge in [0.1, 0.15) is 66.5 Å².